The van der Waals surface area contributed by atoms with Crippen LogP contribution in [0.2, 0.25) is 0 Å². The van der Waals surface area contributed by atoms with Gasteiger partial charge in [0.15, 0.2) is 34.0 Å². The molecule has 38 heteroatoms. The summed E-state index contributed by atoms with van der Waals surface area (Å²) >= 11 is 0. The maximum absolute atomic E-state index is 13.5. The Morgan fingerprint density at radius 1 is 0.379 bits per heavy atom. The molecule has 716 valence electrons. The summed E-state index contributed by atoms with van der Waals surface area (Å²) < 4.78 is 27.6. The van der Waals surface area contributed by atoms with Crippen LogP contribution in [0.3, 0.4) is 0 Å². The first-order valence-electron chi connectivity index (χ1n) is 43.9. The average Bonchev–Trinajstić information content (AvgIpc) is 0.948. The molecule has 2 fully saturated rings. The number of ether oxygens (including phenoxy) is 1. The molecule has 0 radical (unpaired) electrons. The first-order chi connectivity index (χ1) is 67.5. The number of hydrogen-bond donors (Lipinski definition) is 13. The topological polar surface area (TPSA) is 539 Å². The van der Waals surface area contributed by atoms with Crippen LogP contribution in [0.25, 0.3) is 90.2 Å². The Kier molecular flexibility index (Phi) is 33.4. The molecular formula is C102H100N20O18. The Morgan fingerprint density at radius 3 is 1.01 bits per heavy atom. The van der Waals surface area contributed by atoms with E-state index in [1.807, 2.05) is 67.3 Å². The van der Waals surface area contributed by atoms with Crippen molar-refractivity contribution in [3.05, 3.63) is 305 Å². The SMILES string of the molecule is CC(=O)Nc1ccc(O)c(N)c1.CC(=O)Nc1ccc2oc(-c3cccc(C(=O)N4CCN(C(c5ccccc5)c5n[nH]c(C)n5)CC4)c3)nc2c1.CC(=O)Nc1ccc2oc(-c3cccc(C(=O)O)c3)nc2c1.CC(=O)Nc1ccc2oc(-c3cccc(C(=O)O)c3)nc2c1.CO.COC(=O)c1cccc(-c2nc3cc(NC(C)=O)ccc3o2)c1.Cc1nc(C(c2ccccc2)N2CCNCC2)n[nH]1. The lowest BCUT2D eigenvalue weighted by molar-refractivity contribution is -0.115. The lowest BCUT2D eigenvalue weighted by atomic mass is 10.0. The Morgan fingerprint density at radius 2 is 0.693 bits per heavy atom. The number of nitrogens with two attached hydrogens (primary N) is 1. The molecule has 0 saturated carbocycles. The lowest BCUT2D eigenvalue weighted by Gasteiger charge is -2.38. The van der Waals surface area contributed by atoms with Crippen LogP contribution in [-0.4, -0.2) is 205 Å². The number of aromatic amines is 2. The third-order valence-electron chi connectivity index (χ3n) is 21.2. The normalized spacial score (nSPS) is 12.6. The Bertz CT molecular complexity index is 7130. The number of nitrogens with zero attached hydrogens (tertiary/aromatic N) is 11. The van der Waals surface area contributed by atoms with Crippen molar-refractivity contribution in [1.29, 1.82) is 0 Å². The number of methoxy groups -OCH3 is 1. The van der Waals surface area contributed by atoms with Crippen molar-refractivity contribution < 1.29 is 86.0 Å². The van der Waals surface area contributed by atoms with Gasteiger partial charge in [0.05, 0.1) is 41.6 Å². The molecule has 19 rings (SSSR count). The van der Waals surface area contributed by atoms with Crippen molar-refractivity contribution in [2.45, 2.75) is 60.5 Å². The molecule has 2 unspecified atom stereocenters. The number of aromatic nitrogens is 10. The molecule has 2 atom stereocenters. The number of carboxylic acids is 2. The predicted octanol–water partition coefficient (Wildman–Crippen LogP) is 15.6. The molecule has 2 aliphatic rings. The number of aliphatic hydroxyl groups is 1. The number of rotatable bonds is 19. The second kappa shape index (κ2) is 46.9. The van der Waals surface area contributed by atoms with Crippen LogP contribution in [0.15, 0.2) is 266 Å². The molecule has 38 nitrogen and oxygen atoms in total. The van der Waals surface area contributed by atoms with Crippen LogP contribution in [0.5, 0.6) is 5.75 Å². The number of carboxylic acid groups (broad SMARTS) is 2. The lowest BCUT2D eigenvalue weighted by Crippen LogP contribution is -2.50. The molecule has 17 aromatic rings. The average molecular weight is 1890 g/mol. The van der Waals surface area contributed by atoms with E-state index in [0.717, 1.165) is 62.1 Å². The molecule has 2 aliphatic heterocycles. The Hall–Kier alpha value is -17.8. The number of nitrogen functional groups attached to an aromatic ring is 1. The summed E-state index contributed by atoms with van der Waals surface area (Å²) in [6.45, 7) is 17.6. The summed E-state index contributed by atoms with van der Waals surface area (Å²) in [4.78, 5) is 136. The van der Waals surface area contributed by atoms with Crippen molar-refractivity contribution in [3.63, 3.8) is 0 Å². The number of anilines is 6. The molecule has 6 aromatic heterocycles. The summed E-state index contributed by atoms with van der Waals surface area (Å²) in [5.74, 6) is 1.45. The zero-order valence-electron chi connectivity index (χ0n) is 77.5. The molecule has 0 aliphatic carbocycles. The number of carbonyl (C=O) groups excluding carboxylic acids is 7. The number of carbonyl (C=O) groups is 9. The minimum Gasteiger partial charge on any atom is -0.506 e. The Balaban J connectivity index is 0.000000146. The number of phenols is 1. The highest BCUT2D eigenvalue weighted by atomic mass is 16.5. The van der Waals surface area contributed by atoms with Gasteiger partial charge in [-0.15, -0.1) is 0 Å². The molecule has 140 heavy (non-hydrogen) atoms. The van der Waals surface area contributed by atoms with Gasteiger partial charge >= 0.3 is 17.9 Å². The number of phenolic OH excluding ortho intramolecular Hbond substituents is 1. The number of amides is 6. The van der Waals surface area contributed by atoms with E-state index in [4.69, 9.17) is 48.6 Å². The van der Waals surface area contributed by atoms with Crippen LogP contribution in [-0.2, 0) is 28.7 Å². The molecule has 0 bridgehead atoms. The highest BCUT2D eigenvalue weighted by molar-refractivity contribution is 5.98. The first-order valence-corrected chi connectivity index (χ1v) is 43.9. The molecule has 11 aromatic carbocycles. The third-order valence-corrected chi connectivity index (χ3v) is 21.2. The van der Waals surface area contributed by atoms with Crippen LogP contribution in [0.4, 0.5) is 34.1 Å². The minimum atomic E-state index is -1.01. The monoisotopic (exact) mass is 1890 g/mol. The summed E-state index contributed by atoms with van der Waals surface area (Å²) in [5, 5.41) is 65.5. The van der Waals surface area contributed by atoms with Crippen molar-refractivity contribution in [3.8, 4) is 51.6 Å². The van der Waals surface area contributed by atoms with Crippen LogP contribution in [0.1, 0.15) is 123 Å². The largest absolute Gasteiger partial charge is 0.506 e. The summed E-state index contributed by atoms with van der Waals surface area (Å²) in [7, 11) is 2.33. The third kappa shape index (κ3) is 26.7. The van der Waals surface area contributed by atoms with Gasteiger partial charge in [-0.3, -0.25) is 48.8 Å². The maximum Gasteiger partial charge on any atom is 0.337 e. The van der Waals surface area contributed by atoms with Crippen molar-refractivity contribution in [2.75, 3.05) is 98.9 Å². The molecule has 0 spiro atoms. The van der Waals surface area contributed by atoms with Gasteiger partial charge in [0.2, 0.25) is 53.1 Å². The van der Waals surface area contributed by atoms with Gasteiger partial charge in [-0.05, 0) is 189 Å². The van der Waals surface area contributed by atoms with Crippen LogP contribution >= 0.6 is 0 Å². The highest BCUT2D eigenvalue weighted by Gasteiger charge is 2.32. The maximum atomic E-state index is 13.5. The standard InChI is InChI=1S/C30H29N7O3.C17H14N2O4.2C16H12N2O4.C14H19N5.C8H10N2O2.CH4O/c1-19-31-28(35-34-19)27(21-7-4-3-5-8-21)36-13-15-37(16-14-36)30(39)23-10-6-9-22(17-23)29-33-25-18-24(32-20(2)38)11-12-26(25)40-29;1-10(20)18-13-6-7-15-14(9-13)19-16(23-15)11-4-3-5-12(8-11)17(21)22-2;2*1-9(19)17-12-5-6-14-13(8-12)18-15(22-14)10-3-2-4-11(7-10)16(20)21;1-11-16-14(18-17-11)13(12-5-3-2-4-6-12)19-9-7-15-8-10-19;1-5(11)10-6-2-3-8(12)7(9)4-6;1-2/h3-12,17-18,27H,13-16H2,1-2H3,(H,32,38)(H,31,34,35);3-9H,1-2H3,(H,18,20);2*2-8H,1H3,(H,17,19)(H,20,21);2-6,13,15H,7-10H2,1H3,(H,16,17,18);2-4,12H,9H2,1H3,(H,10,11);2H,1H3. The fourth-order valence-corrected chi connectivity index (χ4v) is 15.0. The molecule has 2 saturated heterocycles. The quantitative estimate of drug-likeness (QED) is 0.0155. The number of aromatic carboxylic acids is 2. The molecular weight excluding hydrogens is 1790 g/mol. The number of fused-ring (bicyclic) bond motifs is 4. The number of oxazole rings is 4. The van der Waals surface area contributed by atoms with Gasteiger partial charge in [0, 0.05) is 150 Å². The van der Waals surface area contributed by atoms with E-state index in [2.05, 4.69) is 128 Å². The number of H-pyrrole nitrogens is 2. The van der Waals surface area contributed by atoms with E-state index >= 15 is 0 Å². The zero-order chi connectivity index (χ0) is 99.6. The van der Waals surface area contributed by atoms with Gasteiger partial charge in [0.25, 0.3) is 5.91 Å². The number of aryl methyl sites for hydroxylation is 2. The molecule has 14 N–H and O–H groups in total. The van der Waals surface area contributed by atoms with Crippen molar-refractivity contribution in [1.82, 2.24) is 70.3 Å². The summed E-state index contributed by atoms with van der Waals surface area (Å²) in [6.07, 6.45) is 0. The van der Waals surface area contributed by atoms with E-state index in [-0.39, 0.29) is 70.1 Å². The van der Waals surface area contributed by atoms with Gasteiger partial charge < -0.3 is 85.4 Å². The number of nitrogens with one attached hydrogen (secondary N) is 8. The van der Waals surface area contributed by atoms with Crippen LogP contribution in [0, 0.1) is 13.8 Å². The van der Waals surface area contributed by atoms with Crippen molar-refractivity contribution in [2.24, 2.45) is 0 Å². The highest BCUT2D eigenvalue weighted by Crippen LogP contribution is 2.35. The number of aromatic hydroxyl groups is 1. The van der Waals surface area contributed by atoms with Gasteiger partial charge in [-0.2, -0.15) is 10.2 Å². The van der Waals surface area contributed by atoms with E-state index in [0.29, 0.717) is 156 Å². The van der Waals surface area contributed by atoms with E-state index in [1.54, 1.807) is 127 Å². The number of hydrogen-bond acceptors (Lipinski definition) is 28. The zero-order valence-corrected chi connectivity index (χ0v) is 77.5. The van der Waals surface area contributed by atoms with Gasteiger partial charge in [0.1, 0.15) is 39.5 Å². The van der Waals surface area contributed by atoms with E-state index in [1.165, 1.54) is 83.7 Å². The number of benzene rings is 11. The summed E-state index contributed by atoms with van der Waals surface area (Å²) in [6, 6.07) is 73.0. The second-order valence-corrected chi connectivity index (χ2v) is 31.7. The molecule has 8 heterocycles. The first kappa shape index (κ1) is 99.7. The number of esters is 1. The van der Waals surface area contributed by atoms with Gasteiger partial charge in [-0.25, -0.2) is 44.3 Å². The van der Waals surface area contributed by atoms with E-state index in [9.17, 15) is 43.2 Å². The minimum absolute atomic E-state index is 0.0177. The van der Waals surface area contributed by atoms with Gasteiger partial charge in [-0.1, -0.05) is 84.9 Å². The number of aliphatic hydroxyl groups excluding tert-OH is 1. The molecule has 6 amide bonds. The predicted molar refractivity (Wildman–Crippen MR) is 526 cm³/mol. The van der Waals surface area contributed by atoms with E-state index < -0.39 is 17.9 Å². The fraction of sp³-hybridized carbons (Fsp3) is 0.186. The van der Waals surface area contributed by atoms with Crippen molar-refractivity contribution >= 4 is 132 Å². The van der Waals surface area contributed by atoms with Crippen LogP contribution < -0.4 is 37.6 Å². The smallest absolute Gasteiger partial charge is 0.337 e. The Labute approximate surface area is 800 Å². The fourth-order valence-electron chi connectivity index (χ4n) is 15.0. The summed E-state index contributed by atoms with van der Waals surface area (Å²) in [5.41, 5.74) is 19.8. The number of piperazine rings is 2. The second-order valence-electron chi connectivity index (χ2n) is 31.7.